The quantitative estimate of drug-likeness (QED) is 0.557. The van der Waals surface area contributed by atoms with Crippen LogP contribution in [-0.4, -0.2) is 13.1 Å². The van der Waals surface area contributed by atoms with Crippen LogP contribution < -0.4 is 11.5 Å². The van der Waals surface area contributed by atoms with E-state index in [2.05, 4.69) is 13.2 Å². The maximum Gasteiger partial charge on any atom is 0.0976 e. The van der Waals surface area contributed by atoms with Gasteiger partial charge in [0.15, 0.2) is 0 Å². The van der Waals surface area contributed by atoms with Crippen LogP contribution in [-0.2, 0) is 4.74 Å². The van der Waals surface area contributed by atoms with Crippen molar-refractivity contribution < 1.29 is 4.74 Å². The molecule has 0 atom stereocenters. The summed E-state index contributed by atoms with van der Waals surface area (Å²) >= 11 is 0. The predicted octanol–water partition coefficient (Wildman–Crippen LogP) is 0.728. The molecular formula is C8H16N2O. The summed E-state index contributed by atoms with van der Waals surface area (Å²) in [5, 5.41) is 0. The maximum atomic E-state index is 5.28. The van der Waals surface area contributed by atoms with Gasteiger partial charge >= 0.3 is 0 Å². The van der Waals surface area contributed by atoms with E-state index in [-0.39, 0.29) is 0 Å². The first-order chi connectivity index (χ1) is 5.20. The van der Waals surface area contributed by atoms with Crippen molar-refractivity contribution in [1.82, 2.24) is 0 Å². The molecule has 0 aliphatic rings. The summed E-state index contributed by atoms with van der Waals surface area (Å²) in [5.41, 5.74) is 10.6. The molecular weight excluding hydrogens is 140 g/mol. The Morgan fingerprint density at radius 1 is 1.00 bits per heavy atom. The van der Waals surface area contributed by atoms with Crippen LogP contribution in [0.2, 0.25) is 0 Å². The van der Waals surface area contributed by atoms with Gasteiger partial charge in [-0.3, -0.25) is 0 Å². The molecule has 0 aliphatic carbocycles. The van der Waals surface area contributed by atoms with Gasteiger partial charge < -0.3 is 16.2 Å². The van der Waals surface area contributed by atoms with Crippen molar-refractivity contribution in [3.05, 3.63) is 24.7 Å². The van der Waals surface area contributed by atoms with Gasteiger partial charge in [-0.2, -0.15) is 0 Å². The summed E-state index contributed by atoms with van der Waals surface area (Å²) in [6, 6.07) is 0. The molecule has 0 bridgehead atoms. The Labute approximate surface area is 67.7 Å². The van der Waals surface area contributed by atoms with E-state index in [9.17, 15) is 0 Å². The van der Waals surface area contributed by atoms with Crippen LogP contribution >= 0.6 is 0 Å². The highest BCUT2D eigenvalue weighted by molar-refractivity contribution is 4.93. The van der Waals surface area contributed by atoms with Crippen LogP contribution in [0.4, 0.5) is 0 Å². The minimum absolute atomic E-state index is 0.550. The van der Waals surface area contributed by atoms with Gasteiger partial charge in [-0.1, -0.05) is 13.2 Å². The van der Waals surface area contributed by atoms with E-state index in [1.807, 2.05) is 0 Å². The summed E-state index contributed by atoms with van der Waals surface area (Å²) in [6.45, 7) is 8.43. The van der Waals surface area contributed by atoms with Crippen molar-refractivity contribution >= 4 is 0 Å². The Hall–Kier alpha value is -0.800. The van der Waals surface area contributed by atoms with Crippen molar-refractivity contribution in [2.45, 2.75) is 12.8 Å². The van der Waals surface area contributed by atoms with Crippen LogP contribution in [0.3, 0.4) is 0 Å². The smallest absolute Gasteiger partial charge is 0.0976 e. The van der Waals surface area contributed by atoms with E-state index in [4.69, 9.17) is 16.2 Å². The van der Waals surface area contributed by atoms with Gasteiger partial charge in [-0.25, -0.2) is 0 Å². The fraction of sp³-hybridized carbons (Fsp3) is 0.500. The second-order valence-corrected chi connectivity index (χ2v) is 2.26. The third kappa shape index (κ3) is 5.63. The highest BCUT2D eigenvalue weighted by atomic mass is 16.5. The third-order valence-electron chi connectivity index (χ3n) is 1.14. The van der Waals surface area contributed by atoms with Crippen molar-refractivity contribution in [2.24, 2.45) is 11.5 Å². The standard InChI is InChI=1S/C8H16N2O/c1-7(3-5-9)11-8(2)4-6-10/h1-6,9-10H2. The lowest BCUT2D eigenvalue weighted by Gasteiger charge is -2.08. The molecule has 3 heteroatoms. The molecule has 0 heterocycles. The SMILES string of the molecule is C=C(CCN)OC(=C)CCN. The van der Waals surface area contributed by atoms with E-state index in [0.717, 1.165) is 0 Å². The molecule has 0 spiro atoms. The molecule has 0 aromatic rings. The molecule has 0 rings (SSSR count). The van der Waals surface area contributed by atoms with Crippen LogP contribution in [0.15, 0.2) is 24.7 Å². The molecule has 4 N–H and O–H groups in total. The Bertz CT molecular complexity index is 127. The molecule has 0 fully saturated rings. The van der Waals surface area contributed by atoms with Crippen LogP contribution in [0.25, 0.3) is 0 Å². The highest BCUT2D eigenvalue weighted by Crippen LogP contribution is 2.07. The molecule has 0 saturated heterocycles. The van der Waals surface area contributed by atoms with Gasteiger partial charge in [0.05, 0.1) is 11.5 Å². The van der Waals surface area contributed by atoms with Gasteiger partial charge in [0, 0.05) is 12.8 Å². The molecule has 3 nitrogen and oxygen atoms in total. The van der Waals surface area contributed by atoms with Crippen LogP contribution in [0.1, 0.15) is 12.8 Å². The van der Waals surface area contributed by atoms with Gasteiger partial charge in [0.25, 0.3) is 0 Å². The van der Waals surface area contributed by atoms with Gasteiger partial charge in [0.1, 0.15) is 0 Å². The van der Waals surface area contributed by atoms with Crippen molar-refractivity contribution in [3.8, 4) is 0 Å². The lowest BCUT2D eigenvalue weighted by molar-refractivity contribution is 0.283. The van der Waals surface area contributed by atoms with Gasteiger partial charge in [-0.05, 0) is 13.1 Å². The van der Waals surface area contributed by atoms with Crippen LogP contribution in [0.5, 0.6) is 0 Å². The Kier molecular flexibility index (Phi) is 5.51. The second kappa shape index (κ2) is 5.95. The number of ether oxygens (including phenoxy) is 1. The van der Waals surface area contributed by atoms with E-state index in [0.29, 0.717) is 37.4 Å². The molecule has 0 radical (unpaired) electrons. The summed E-state index contributed by atoms with van der Waals surface area (Å²) in [7, 11) is 0. The molecule has 0 aliphatic heterocycles. The minimum atomic E-state index is 0.550. The number of nitrogens with two attached hydrogens (primary N) is 2. The Morgan fingerprint density at radius 2 is 1.36 bits per heavy atom. The summed E-state index contributed by atoms with van der Waals surface area (Å²) in [5.74, 6) is 1.32. The maximum absolute atomic E-state index is 5.28. The van der Waals surface area contributed by atoms with E-state index in [1.54, 1.807) is 0 Å². The lowest BCUT2D eigenvalue weighted by atomic mass is 10.3. The first kappa shape index (κ1) is 10.2. The Balaban J connectivity index is 3.49. The fourth-order valence-electron chi connectivity index (χ4n) is 0.628. The van der Waals surface area contributed by atoms with E-state index >= 15 is 0 Å². The molecule has 0 aromatic heterocycles. The molecule has 0 aromatic carbocycles. The molecule has 64 valence electrons. The predicted molar refractivity (Wildman–Crippen MR) is 46.7 cm³/mol. The number of rotatable bonds is 6. The van der Waals surface area contributed by atoms with Gasteiger partial charge in [-0.15, -0.1) is 0 Å². The zero-order valence-corrected chi connectivity index (χ0v) is 6.81. The average Bonchev–Trinajstić information content (AvgIpc) is 1.87. The molecule has 0 saturated carbocycles. The zero-order valence-electron chi connectivity index (χ0n) is 6.81. The molecule has 0 amide bonds. The molecule has 0 unspecified atom stereocenters. The van der Waals surface area contributed by atoms with E-state index < -0.39 is 0 Å². The fourth-order valence-corrected chi connectivity index (χ4v) is 0.628. The summed E-state index contributed by atoms with van der Waals surface area (Å²) in [4.78, 5) is 0. The monoisotopic (exact) mass is 156 g/mol. The lowest BCUT2D eigenvalue weighted by Crippen LogP contribution is -2.04. The zero-order chi connectivity index (χ0) is 8.69. The normalized spacial score (nSPS) is 9.27. The average molecular weight is 156 g/mol. The minimum Gasteiger partial charge on any atom is -0.467 e. The van der Waals surface area contributed by atoms with Gasteiger partial charge in [0.2, 0.25) is 0 Å². The van der Waals surface area contributed by atoms with E-state index in [1.165, 1.54) is 0 Å². The summed E-state index contributed by atoms with van der Waals surface area (Å²) in [6.07, 6.45) is 1.34. The van der Waals surface area contributed by atoms with Crippen molar-refractivity contribution in [3.63, 3.8) is 0 Å². The first-order valence-electron chi connectivity index (χ1n) is 3.64. The largest absolute Gasteiger partial charge is 0.467 e. The summed E-state index contributed by atoms with van der Waals surface area (Å²) < 4.78 is 5.18. The topological polar surface area (TPSA) is 61.3 Å². The third-order valence-corrected chi connectivity index (χ3v) is 1.14. The second-order valence-electron chi connectivity index (χ2n) is 2.26. The number of hydrogen-bond donors (Lipinski definition) is 2. The highest BCUT2D eigenvalue weighted by Gasteiger charge is 1.96. The first-order valence-corrected chi connectivity index (χ1v) is 3.64. The Morgan fingerprint density at radius 3 is 1.64 bits per heavy atom. The number of hydrogen-bond acceptors (Lipinski definition) is 3. The van der Waals surface area contributed by atoms with Crippen molar-refractivity contribution in [2.75, 3.05) is 13.1 Å². The van der Waals surface area contributed by atoms with Crippen molar-refractivity contribution in [1.29, 1.82) is 0 Å². The van der Waals surface area contributed by atoms with Crippen LogP contribution in [0, 0.1) is 0 Å². The molecule has 11 heavy (non-hydrogen) atoms.